The lowest BCUT2D eigenvalue weighted by Gasteiger charge is -2.25. The fourth-order valence-corrected chi connectivity index (χ4v) is 5.41. The number of ether oxygens (including phenoxy) is 1. The topological polar surface area (TPSA) is 83.9 Å². The van der Waals surface area contributed by atoms with Gasteiger partial charge in [-0.1, -0.05) is 20.3 Å². The zero-order valence-corrected chi connectivity index (χ0v) is 20.0. The number of aryl methyl sites for hydroxylation is 1. The van der Waals surface area contributed by atoms with Crippen molar-refractivity contribution in [1.29, 1.82) is 0 Å². The third-order valence-electron chi connectivity index (χ3n) is 5.85. The van der Waals surface area contributed by atoms with Crippen molar-refractivity contribution in [3.8, 4) is 5.75 Å². The molecule has 1 aliphatic heterocycles. The largest absolute Gasteiger partial charge is 0.492 e. The summed E-state index contributed by atoms with van der Waals surface area (Å²) in [5.41, 5.74) is 0.910. The number of likely N-dealkylation sites (N-methyl/N-ethyl adjacent to an activating group) is 1. The van der Waals surface area contributed by atoms with E-state index in [-0.39, 0.29) is 10.8 Å². The fraction of sp³-hybridized carbons (Fsp3) is 0.522. The monoisotopic (exact) mass is 462 g/mol. The second-order valence-electron chi connectivity index (χ2n) is 7.99. The molecule has 2 heterocycles. The van der Waals surface area contributed by atoms with Gasteiger partial charge in [0.2, 0.25) is 10.0 Å². The number of amides is 1. The number of hydrogen-bond donors (Lipinski definition) is 1. The summed E-state index contributed by atoms with van der Waals surface area (Å²) >= 11 is 0. The molecule has 0 spiro atoms. The quantitative estimate of drug-likeness (QED) is 0.586. The fourth-order valence-electron chi connectivity index (χ4n) is 3.82. The van der Waals surface area contributed by atoms with Crippen LogP contribution in [0.3, 0.4) is 0 Å². The van der Waals surface area contributed by atoms with Crippen LogP contribution in [0.5, 0.6) is 5.75 Å². The number of aromatic nitrogens is 1. The minimum Gasteiger partial charge on any atom is -0.492 e. The molecule has 0 saturated carbocycles. The summed E-state index contributed by atoms with van der Waals surface area (Å²) in [5.74, 6) is 0.381. The molecule has 0 aliphatic carbocycles. The molecule has 1 aromatic heterocycles. The van der Waals surface area contributed by atoms with Crippen molar-refractivity contribution in [2.75, 3.05) is 44.6 Å². The van der Waals surface area contributed by atoms with Gasteiger partial charge in [0.25, 0.3) is 5.91 Å². The van der Waals surface area contributed by atoms with E-state index in [4.69, 9.17) is 4.74 Å². The maximum Gasteiger partial charge on any atom is 0.272 e. The molecule has 0 radical (unpaired) electrons. The summed E-state index contributed by atoms with van der Waals surface area (Å²) in [4.78, 5) is 15.2. The first-order valence-corrected chi connectivity index (χ1v) is 12.7. The summed E-state index contributed by atoms with van der Waals surface area (Å²) in [7, 11) is -1.90. The van der Waals surface area contributed by atoms with Gasteiger partial charge in [0.1, 0.15) is 22.9 Å². The maximum absolute atomic E-state index is 12.9. The van der Waals surface area contributed by atoms with E-state index in [9.17, 15) is 13.2 Å². The zero-order valence-electron chi connectivity index (χ0n) is 19.2. The van der Waals surface area contributed by atoms with Crippen LogP contribution in [0.4, 0.5) is 5.69 Å². The lowest BCUT2D eigenvalue weighted by atomic mass is 10.2. The molecule has 0 bridgehead atoms. The molecule has 176 valence electrons. The molecule has 8 nitrogen and oxygen atoms in total. The van der Waals surface area contributed by atoms with E-state index in [1.165, 1.54) is 16.6 Å². The van der Waals surface area contributed by atoms with Gasteiger partial charge < -0.3 is 19.5 Å². The second kappa shape index (κ2) is 11.0. The van der Waals surface area contributed by atoms with E-state index in [1.54, 1.807) is 23.7 Å². The molecule has 0 atom stereocenters. The van der Waals surface area contributed by atoms with Gasteiger partial charge in [-0.05, 0) is 56.3 Å². The Hall–Kier alpha value is -2.36. The highest BCUT2D eigenvalue weighted by Crippen LogP contribution is 2.23. The highest BCUT2D eigenvalue weighted by atomic mass is 32.2. The van der Waals surface area contributed by atoms with Crippen molar-refractivity contribution in [1.82, 2.24) is 13.8 Å². The van der Waals surface area contributed by atoms with Crippen LogP contribution in [0, 0.1) is 0 Å². The molecule has 1 saturated heterocycles. The summed E-state index contributed by atoms with van der Waals surface area (Å²) < 4.78 is 34.6. The number of nitrogens with one attached hydrogen (secondary N) is 1. The minimum atomic E-state index is -3.58. The Bertz CT molecular complexity index is 992. The number of hydrogen-bond acceptors (Lipinski definition) is 5. The van der Waals surface area contributed by atoms with E-state index in [2.05, 4.69) is 24.1 Å². The zero-order chi connectivity index (χ0) is 23.1. The smallest absolute Gasteiger partial charge is 0.272 e. The third kappa shape index (κ3) is 5.90. The van der Waals surface area contributed by atoms with Crippen LogP contribution in [0.2, 0.25) is 0 Å². The van der Waals surface area contributed by atoms with Gasteiger partial charge in [0.05, 0.1) is 0 Å². The van der Waals surface area contributed by atoms with Crippen LogP contribution in [0.25, 0.3) is 0 Å². The predicted molar refractivity (Wildman–Crippen MR) is 126 cm³/mol. The van der Waals surface area contributed by atoms with Crippen molar-refractivity contribution in [3.63, 3.8) is 0 Å². The maximum atomic E-state index is 12.9. The lowest BCUT2D eigenvalue weighted by Crippen LogP contribution is -2.35. The van der Waals surface area contributed by atoms with Crippen LogP contribution in [-0.2, 0) is 17.1 Å². The predicted octanol–water partition coefficient (Wildman–Crippen LogP) is 3.17. The first-order chi connectivity index (χ1) is 15.3. The molecular weight excluding hydrogens is 428 g/mol. The first-order valence-electron chi connectivity index (χ1n) is 11.3. The highest BCUT2D eigenvalue weighted by molar-refractivity contribution is 7.89. The van der Waals surface area contributed by atoms with E-state index in [0.717, 1.165) is 44.6 Å². The van der Waals surface area contributed by atoms with Crippen molar-refractivity contribution in [3.05, 3.63) is 42.2 Å². The molecule has 1 aliphatic rings. The standard InChI is InChI=1S/C23H34N4O4S/c1-4-26(5-2)15-16-31-20-11-9-19(10-12-20)24-23(28)22-17-21(18-25(22)3)32(29,30)27-13-7-6-8-14-27/h9-12,17-18H,4-8,13-16H2,1-3H3,(H,24,28). The van der Waals surface area contributed by atoms with Gasteiger partial charge >= 0.3 is 0 Å². The van der Waals surface area contributed by atoms with Gasteiger partial charge in [0, 0.05) is 38.6 Å². The Balaban J connectivity index is 1.61. The summed E-state index contributed by atoms with van der Waals surface area (Å²) in [6, 6.07) is 8.63. The Morgan fingerprint density at radius 3 is 2.38 bits per heavy atom. The molecule has 2 aromatic rings. The molecule has 3 rings (SSSR count). The van der Waals surface area contributed by atoms with Crippen molar-refractivity contribution in [2.45, 2.75) is 38.0 Å². The van der Waals surface area contributed by atoms with Gasteiger partial charge in [-0.15, -0.1) is 0 Å². The molecule has 1 aromatic carbocycles. The Morgan fingerprint density at radius 2 is 1.75 bits per heavy atom. The van der Waals surface area contributed by atoms with Crippen LogP contribution in [-0.4, -0.2) is 67.4 Å². The van der Waals surface area contributed by atoms with Crippen LogP contribution < -0.4 is 10.1 Å². The summed E-state index contributed by atoms with van der Waals surface area (Å²) in [6.45, 7) is 8.76. The number of sulfonamides is 1. The van der Waals surface area contributed by atoms with Gasteiger partial charge in [0.15, 0.2) is 0 Å². The molecule has 32 heavy (non-hydrogen) atoms. The van der Waals surface area contributed by atoms with Gasteiger partial charge in [-0.3, -0.25) is 4.79 Å². The lowest BCUT2D eigenvalue weighted by molar-refractivity contribution is 0.101. The van der Waals surface area contributed by atoms with E-state index < -0.39 is 10.0 Å². The van der Waals surface area contributed by atoms with Crippen LogP contribution >= 0.6 is 0 Å². The van der Waals surface area contributed by atoms with Gasteiger partial charge in [-0.25, -0.2) is 8.42 Å². The van der Waals surface area contributed by atoms with Crippen molar-refractivity contribution in [2.24, 2.45) is 7.05 Å². The van der Waals surface area contributed by atoms with Crippen molar-refractivity contribution >= 4 is 21.6 Å². The molecular formula is C23H34N4O4S. The Labute approximate surface area is 191 Å². The number of rotatable bonds is 10. The SMILES string of the molecule is CCN(CC)CCOc1ccc(NC(=O)c2cc(S(=O)(=O)N3CCCCC3)cn2C)cc1. The van der Waals surface area contributed by atoms with E-state index in [1.807, 2.05) is 12.1 Å². The minimum absolute atomic E-state index is 0.156. The Kier molecular flexibility index (Phi) is 8.33. The molecule has 1 N–H and O–H groups in total. The normalized spacial score (nSPS) is 15.1. The number of anilines is 1. The molecule has 0 unspecified atom stereocenters. The number of carbonyl (C=O) groups is 1. The number of carbonyl (C=O) groups excluding carboxylic acids is 1. The second-order valence-corrected chi connectivity index (χ2v) is 9.93. The van der Waals surface area contributed by atoms with Gasteiger partial charge in [-0.2, -0.15) is 4.31 Å². The Morgan fingerprint density at radius 1 is 1.09 bits per heavy atom. The van der Waals surface area contributed by atoms with E-state index in [0.29, 0.717) is 31.1 Å². The number of benzene rings is 1. The summed E-state index contributed by atoms with van der Waals surface area (Å²) in [5, 5.41) is 2.83. The highest BCUT2D eigenvalue weighted by Gasteiger charge is 2.28. The molecule has 9 heteroatoms. The first kappa shape index (κ1) is 24.3. The third-order valence-corrected chi connectivity index (χ3v) is 7.71. The summed E-state index contributed by atoms with van der Waals surface area (Å²) in [6.07, 6.45) is 4.29. The molecule has 1 amide bonds. The number of piperidine rings is 1. The van der Waals surface area contributed by atoms with Crippen LogP contribution in [0.15, 0.2) is 41.4 Å². The number of nitrogens with zero attached hydrogens (tertiary/aromatic N) is 3. The average Bonchev–Trinajstić information content (AvgIpc) is 3.21. The van der Waals surface area contributed by atoms with E-state index >= 15 is 0 Å². The van der Waals surface area contributed by atoms with Crippen LogP contribution in [0.1, 0.15) is 43.6 Å². The van der Waals surface area contributed by atoms with Crippen molar-refractivity contribution < 1.29 is 17.9 Å². The average molecular weight is 463 g/mol. The molecule has 1 fully saturated rings.